The molecule has 1 aromatic rings. The van der Waals surface area contributed by atoms with Crippen LogP contribution in [-0.2, 0) is 0 Å². The number of allylic oxidation sites excluding steroid dienone is 1. The van der Waals surface area contributed by atoms with Gasteiger partial charge < -0.3 is 5.32 Å². The number of nitrogens with zero attached hydrogens (tertiary/aromatic N) is 1. The second-order valence-electron chi connectivity index (χ2n) is 5.05. The fourth-order valence-corrected chi connectivity index (χ4v) is 2.66. The third-order valence-electron chi connectivity index (χ3n) is 3.72. The Balaban J connectivity index is 0.00000242. The van der Waals surface area contributed by atoms with Gasteiger partial charge in [0.15, 0.2) is 23.3 Å². The molecule has 0 spiro atoms. The van der Waals surface area contributed by atoms with Crippen LogP contribution in [0.4, 0.5) is 17.6 Å². The maximum Gasteiger partial charge on any atom is 0.166 e. The van der Waals surface area contributed by atoms with Gasteiger partial charge in [-0.05, 0) is 12.8 Å². The molecule has 132 valence electrons. The summed E-state index contributed by atoms with van der Waals surface area (Å²) in [4.78, 5) is 1.85. The van der Waals surface area contributed by atoms with Gasteiger partial charge in [-0.3, -0.25) is 4.90 Å². The molecule has 0 radical (unpaired) electrons. The molecule has 1 aliphatic rings. The van der Waals surface area contributed by atoms with E-state index in [9.17, 15) is 17.6 Å². The molecule has 0 aliphatic carbocycles. The summed E-state index contributed by atoms with van der Waals surface area (Å²) in [5.74, 6) is -5.33. The topological polar surface area (TPSA) is 15.3 Å². The van der Waals surface area contributed by atoms with Gasteiger partial charge in [0.25, 0.3) is 0 Å². The molecule has 8 heteroatoms. The molecule has 1 aliphatic heterocycles. The van der Waals surface area contributed by atoms with Crippen molar-refractivity contribution in [1.82, 2.24) is 10.2 Å². The van der Waals surface area contributed by atoms with E-state index in [1.807, 2.05) is 4.90 Å². The Hall–Kier alpha value is -0.820. The third-order valence-corrected chi connectivity index (χ3v) is 3.72. The lowest BCUT2D eigenvalue weighted by Crippen LogP contribution is -2.45. The van der Waals surface area contributed by atoms with Crippen molar-refractivity contribution in [3.63, 3.8) is 0 Å². The van der Waals surface area contributed by atoms with Gasteiger partial charge in [0.1, 0.15) is 0 Å². The Labute approximate surface area is 145 Å². The van der Waals surface area contributed by atoms with Crippen LogP contribution in [0.25, 0.3) is 0 Å². The van der Waals surface area contributed by atoms with Gasteiger partial charge in [0, 0.05) is 43.9 Å². The van der Waals surface area contributed by atoms with Crippen LogP contribution in [0.3, 0.4) is 0 Å². The third kappa shape index (κ3) is 5.08. The molecule has 0 amide bonds. The number of halogens is 6. The first-order valence-corrected chi connectivity index (χ1v) is 6.94. The van der Waals surface area contributed by atoms with Crippen molar-refractivity contribution in [2.75, 3.05) is 26.2 Å². The van der Waals surface area contributed by atoms with Crippen LogP contribution in [0.2, 0.25) is 0 Å². The quantitative estimate of drug-likeness (QED) is 0.476. The fraction of sp³-hybridized carbons (Fsp3) is 0.467. The first-order valence-electron chi connectivity index (χ1n) is 6.94. The number of rotatable bonds is 5. The molecule has 0 bridgehead atoms. The molecule has 2 rings (SSSR count). The van der Waals surface area contributed by atoms with E-state index in [-0.39, 0.29) is 30.9 Å². The highest BCUT2D eigenvalue weighted by Crippen LogP contribution is 2.32. The molecule has 2 nitrogen and oxygen atoms in total. The molecule has 1 heterocycles. The minimum atomic E-state index is -1.36. The highest BCUT2D eigenvalue weighted by Gasteiger charge is 2.30. The van der Waals surface area contributed by atoms with Crippen molar-refractivity contribution < 1.29 is 17.6 Å². The monoisotopic (exact) mass is 374 g/mol. The molecule has 1 fully saturated rings. The van der Waals surface area contributed by atoms with Crippen LogP contribution < -0.4 is 5.32 Å². The molecule has 1 atom stereocenters. The summed E-state index contributed by atoms with van der Waals surface area (Å²) in [5, 5.41) is 3.13. The van der Waals surface area contributed by atoms with Gasteiger partial charge in [-0.2, -0.15) is 0 Å². The van der Waals surface area contributed by atoms with E-state index in [0.29, 0.717) is 39.0 Å². The smallest absolute Gasteiger partial charge is 0.166 e. The Morgan fingerprint density at radius 2 is 1.61 bits per heavy atom. The molecule has 1 N–H and O–H groups in total. The predicted molar refractivity (Wildman–Crippen MR) is 87.4 cm³/mol. The van der Waals surface area contributed by atoms with Gasteiger partial charge in [-0.15, -0.1) is 31.4 Å². The SMILES string of the molecule is C=CCC[C@H](c1c(F)c(F)cc(F)c1F)N1CCNCC1.Cl.Cl. The second kappa shape index (κ2) is 10.1. The van der Waals surface area contributed by atoms with Crippen molar-refractivity contribution in [2.24, 2.45) is 0 Å². The van der Waals surface area contributed by atoms with Gasteiger partial charge in [-0.1, -0.05) is 6.08 Å². The summed E-state index contributed by atoms with van der Waals surface area (Å²) in [5.41, 5.74) is -0.517. The maximum absolute atomic E-state index is 14.0. The second-order valence-corrected chi connectivity index (χ2v) is 5.05. The highest BCUT2D eigenvalue weighted by atomic mass is 35.5. The number of hydrogen-bond donors (Lipinski definition) is 1. The van der Waals surface area contributed by atoms with Crippen molar-refractivity contribution in [3.05, 3.63) is 47.6 Å². The highest BCUT2D eigenvalue weighted by molar-refractivity contribution is 5.85. The van der Waals surface area contributed by atoms with Crippen LogP contribution in [0, 0.1) is 23.3 Å². The van der Waals surface area contributed by atoms with E-state index in [1.165, 1.54) is 0 Å². The molecule has 0 saturated carbocycles. The standard InChI is InChI=1S/C15H18F4N2.2ClH/c1-2-3-4-12(21-7-5-20-6-8-21)13-14(18)10(16)9-11(17)15(13)19;;/h2,9,12,20H,1,3-8H2;2*1H/t12-;;/m1../s1. The Morgan fingerprint density at radius 3 is 2.09 bits per heavy atom. The molecule has 0 unspecified atom stereocenters. The minimum absolute atomic E-state index is 0. The zero-order valence-corrected chi connectivity index (χ0v) is 14.1. The Morgan fingerprint density at radius 1 is 1.09 bits per heavy atom. The first kappa shape index (κ1) is 22.2. The van der Waals surface area contributed by atoms with Crippen LogP contribution in [-0.4, -0.2) is 31.1 Å². The molecule has 1 saturated heterocycles. The summed E-state index contributed by atoms with van der Waals surface area (Å²) < 4.78 is 54.9. The molecule has 1 aromatic carbocycles. The van der Waals surface area contributed by atoms with Gasteiger partial charge in [0.05, 0.1) is 0 Å². The lowest BCUT2D eigenvalue weighted by molar-refractivity contribution is 0.157. The van der Waals surface area contributed by atoms with E-state index in [4.69, 9.17) is 0 Å². The number of benzene rings is 1. The van der Waals surface area contributed by atoms with Crippen molar-refractivity contribution >= 4 is 24.8 Å². The summed E-state index contributed by atoms with van der Waals surface area (Å²) in [7, 11) is 0. The lowest BCUT2D eigenvalue weighted by atomic mass is 9.97. The minimum Gasteiger partial charge on any atom is -0.314 e. The molecule has 23 heavy (non-hydrogen) atoms. The summed E-state index contributed by atoms with van der Waals surface area (Å²) in [6.07, 6.45) is 2.49. The largest absolute Gasteiger partial charge is 0.314 e. The van der Waals surface area contributed by atoms with E-state index in [2.05, 4.69) is 11.9 Å². The zero-order chi connectivity index (χ0) is 15.4. The van der Waals surface area contributed by atoms with Crippen LogP contribution in [0.5, 0.6) is 0 Å². The van der Waals surface area contributed by atoms with Crippen molar-refractivity contribution in [2.45, 2.75) is 18.9 Å². The summed E-state index contributed by atoms with van der Waals surface area (Å²) in [6.45, 7) is 6.07. The Kier molecular flexibility index (Phi) is 9.77. The summed E-state index contributed by atoms with van der Waals surface area (Å²) in [6, 6.07) is -0.452. The predicted octanol–water partition coefficient (Wildman–Crippen LogP) is 4.00. The van der Waals surface area contributed by atoms with Gasteiger partial charge in [-0.25, -0.2) is 17.6 Å². The maximum atomic E-state index is 14.0. The first-order chi connectivity index (χ1) is 10.1. The van der Waals surface area contributed by atoms with Gasteiger partial charge >= 0.3 is 0 Å². The average Bonchev–Trinajstić information content (AvgIpc) is 2.49. The average molecular weight is 375 g/mol. The lowest BCUT2D eigenvalue weighted by Gasteiger charge is -2.35. The van der Waals surface area contributed by atoms with Crippen LogP contribution in [0.1, 0.15) is 24.4 Å². The number of nitrogens with one attached hydrogen (secondary N) is 1. The summed E-state index contributed by atoms with van der Waals surface area (Å²) >= 11 is 0. The number of hydrogen-bond acceptors (Lipinski definition) is 2. The van der Waals surface area contributed by atoms with Crippen molar-refractivity contribution in [3.8, 4) is 0 Å². The van der Waals surface area contributed by atoms with E-state index >= 15 is 0 Å². The molecular weight excluding hydrogens is 355 g/mol. The Bertz CT molecular complexity index is 496. The van der Waals surface area contributed by atoms with E-state index in [1.54, 1.807) is 6.08 Å². The van der Waals surface area contributed by atoms with Gasteiger partial charge in [0.2, 0.25) is 0 Å². The van der Waals surface area contributed by atoms with E-state index < -0.39 is 34.9 Å². The molecule has 0 aromatic heterocycles. The van der Waals surface area contributed by atoms with Crippen molar-refractivity contribution in [1.29, 1.82) is 0 Å². The van der Waals surface area contributed by atoms with Crippen LogP contribution in [0.15, 0.2) is 18.7 Å². The zero-order valence-electron chi connectivity index (χ0n) is 12.5. The fourth-order valence-electron chi connectivity index (χ4n) is 2.66. The molecular formula is C15H20Cl2F4N2. The number of piperazine rings is 1. The van der Waals surface area contributed by atoms with Crippen LogP contribution >= 0.6 is 24.8 Å². The van der Waals surface area contributed by atoms with E-state index in [0.717, 1.165) is 0 Å². The normalized spacial score (nSPS) is 16.2.